The number of ether oxygens (including phenoxy) is 1. The van der Waals surface area contributed by atoms with Crippen molar-refractivity contribution in [1.29, 1.82) is 0 Å². The van der Waals surface area contributed by atoms with Gasteiger partial charge < -0.3 is 4.74 Å². The molecule has 3 unspecified atom stereocenters. The molecule has 1 rings (SSSR count). The fraction of sp³-hybridized carbons (Fsp3) is 0.588. The average molecular weight is 264 g/mol. The molecule has 0 fully saturated rings. The molecule has 19 heavy (non-hydrogen) atoms. The summed E-state index contributed by atoms with van der Waals surface area (Å²) < 4.78 is 22.1. The first kappa shape index (κ1) is 12.7. The van der Waals surface area contributed by atoms with Gasteiger partial charge in [-0.15, -0.1) is 0 Å². The number of carbonyl (C=O) groups is 1. The average Bonchev–Trinajstić information content (AvgIpc) is 2.52. The maximum atomic E-state index is 12.2. The lowest BCUT2D eigenvalue weighted by Gasteiger charge is -2.19. The number of benzene rings is 1. The van der Waals surface area contributed by atoms with Crippen molar-refractivity contribution >= 4 is 5.97 Å². The van der Waals surface area contributed by atoms with Crippen molar-refractivity contribution in [2.75, 3.05) is 6.61 Å². The van der Waals surface area contributed by atoms with Crippen LogP contribution in [0.3, 0.4) is 0 Å². The molecule has 1 aromatic rings. The van der Waals surface area contributed by atoms with Crippen molar-refractivity contribution in [2.45, 2.75) is 52.3 Å². The van der Waals surface area contributed by atoms with Gasteiger partial charge in [0.05, 0.1) is 12.5 Å². The van der Waals surface area contributed by atoms with Crippen LogP contribution in [0.25, 0.3) is 0 Å². The number of unbranched alkanes of at least 4 members (excludes halogenated alkanes) is 1. The lowest BCUT2D eigenvalue weighted by molar-refractivity contribution is -0.148. The minimum absolute atomic E-state index is 0.190. The molecule has 0 bridgehead atoms. The molecule has 0 amide bonds. The van der Waals surface area contributed by atoms with E-state index < -0.39 is 18.3 Å². The summed E-state index contributed by atoms with van der Waals surface area (Å²) in [5.41, 5.74) is 0.981. The van der Waals surface area contributed by atoms with E-state index in [0.29, 0.717) is 6.42 Å². The van der Waals surface area contributed by atoms with Gasteiger partial charge in [-0.05, 0) is 31.2 Å². The molecule has 3 atom stereocenters. The van der Waals surface area contributed by atoms with Gasteiger partial charge in [-0.25, -0.2) is 0 Å². The monoisotopic (exact) mass is 264 g/mol. The number of hydrogen-bond donors (Lipinski definition) is 0. The van der Waals surface area contributed by atoms with Gasteiger partial charge in [-0.2, -0.15) is 0 Å². The summed E-state index contributed by atoms with van der Waals surface area (Å²) in [7, 11) is 0. The van der Waals surface area contributed by atoms with Crippen LogP contribution in [-0.2, 0) is 9.53 Å². The summed E-state index contributed by atoms with van der Waals surface area (Å²) in [6, 6.07) is 9.64. The van der Waals surface area contributed by atoms with Gasteiger partial charge in [-0.1, -0.05) is 57.0 Å². The predicted molar refractivity (Wildman–Crippen MR) is 79.1 cm³/mol. The summed E-state index contributed by atoms with van der Waals surface area (Å²) in [5, 5.41) is 0. The third kappa shape index (κ3) is 5.46. The molecule has 0 aliphatic rings. The normalized spacial score (nSPS) is 18.7. The van der Waals surface area contributed by atoms with E-state index in [0.717, 1.165) is 18.4 Å². The van der Waals surface area contributed by atoms with E-state index in [9.17, 15) is 4.79 Å². The van der Waals surface area contributed by atoms with E-state index in [1.54, 1.807) is 6.92 Å². The number of rotatable bonds is 8. The Labute approximate surface area is 120 Å². The Hall–Kier alpha value is -1.31. The molecule has 2 nitrogen and oxygen atoms in total. The molecule has 0 saturated carbocycles. The SMILES string of the molecule is [2H]C(C(C)c1ccccc1)C([2H])(CCCC)C(=O)OCC. The second kappa shape index (κ2) is 8.73. The van der Waals surface area contributed by atoms with Crippen LogP contribution in [0.15, 0.2) is 30.3 Å². The second-order valence-corrected chi connectivity index (χ2v) is 4.72. The maximum absolute atomic E-state index is 12.2. The second-order valence-electron chi connectivity index (χ2n) is 4.72. The third-order valence-electron chi connectivity index (χ3n) is 3.11. The highest BCUT2D eigenvalue weighted by Gasteiger charge is 2.22. The zero-order valence-corrected chi connectivity index (χ0v) is 12.2. The first-order valence-electron chi connectivity index (χ1n) is 8.19. The van der Waals surface area contributed by atoms with Crippen molar-refractivity contribution in [3.8, 4) is 0 Å². The molecule has 0 saturated heterocycles. The van der Waals surface area contributed by atoms with Gasteiger partial charge in [0.25, 0.3) is 0 Å². The minimum Gasteiger partial charge on any atom is -0.466 e. The third-order valence-corrected chi connectivity index (χ3v) is 3.11. The Bertz CT molecular complexity index is 436. The number of esters is 1. The van der Waals surface area contributed by atoms with Gasteiger partial charge >= 0.3 is 5.97 Å². The van der Waals surface area contributed by atoms with E-state index >= 15 is 0 Å². The fourth-order valence-corrected chi connectivity index (χ4v) is 2.00. The Kier molecular flexibility index (Phi) is 5.84. The highest BCUT2D eigenvalue weighted by molar-refractivity contribution is 5.72. The minimum atomic E-state index is -1.50. The summed E-state index contributed by atoms with van der Waals surface area (Å²) in [5.74, 6) is -2.26. The van der Waals surface area contributed by atoms with Crippen molar-refractivity contribution in [3.63, 3.8) is 0 Å². The van der Waals surface area contributed by atoms with E-state index in [2.05, 4.69) is 0 Å². The molecule has 0 aromatic heterocycles. The van der Waals surface area contributed by atoms with Crippen LogP contribution >= 0.6 is 0 Å². The highest BCUT2D eigenvalue weighted by atomic mass is 16.5. The van der Waals surface area contributed by atoms with E-state index in [1.807, 2.05) is 44.2 Å². The molecular weight excluding hydrogens is 236 g/mol. The number of hydrogen-bond acceptors (Lipinski definition) is 2. The zero-order chi connectivity index (χ0) is 15.9. The van der Waals surface area contributed by atoms with Crippen molar-refractivity contribution in [3.05, 3.63) is 35.9 Å². The molecule has 0 spiro atoms. The molecule has 0 aliphatic carbocycles. The smallest absolute Gasteiger partial charge is 0.308 e. The number of carbonyl (C=O) groups excluding carboxylic acids is 1. The van der Waals surface area contributed by atoms with Crippen LogP contribution in [0.1, 0.15) is 60.7 Å². The summed E-state index contributed by atoms with van der Waals surface area (Å²) >= 11 is 0. The van der Waals surface area contributed by atoms with Gasteiger partial charge in [0.1, 0.15) is 0 Å². The molecule has 106 valence electrons. The topological polar surface area (TPSA) is 26.3 Å². The molecule has 2 heteroatoms. The van der Waals surface area contributed by atoms with Gasteiger partial charge in [0, 0.05) is 2.74 Å². The summed E-state index contributed by atoms with van der Waals surface area (Å²) in [4.78, 5) is 12.2. The molecule has 0 radical (unpaired) electrons. The van der Waals surface area contributed by atoms with Crippen LogP contribution in [-0.4, -0.2) is 12.6 Å². The van der Waals surface area contributed by atoms with Gasteiger partial charge in [-0.3, -0.25) is 4.79 Å². The first-order chi connectivity index (χ1) is 9.97. The van der Waals surface area contributed by atoms with E-state index in [4.69, 9.17) is 7.48 Å². The van der Waals surface area contributed by atoms with Crippen LogP contribution < -0.4 is 0 Å². The van der Waals surface area contributed by atoms with Crippen LogP contribution in [0.4, 0.5) is 0 Å². The largest absolute Gasteiger partial charge is 0.466 e. The van der Waals surface area contributed by atoms with Crippen LogP contribution in [0.5, 0.6) is 0 Å². The Morgan fingerprint density at radius 3 is 2.63 bits per heavy atom. The van der Waals surface area contributed by atoms with E-state index in [1.165, 1.54) is 0 Å². The standard InChI is InChI=1S/C17H26O2/c1-4-6-10-16(17(18)19-5-2)13-14(3)15-11-8-7-9-12-15/h7-9,11-12,14,16H,4-6,10,13H2,1-3H3/i13D,16D. The van der Waals surface area contributed by atoms with Crippen molar-refractivity contribution in [1.82, 2.24) is 0 Å². The summed E-state index contributed by atoms with van der Waals surface area (Å²) in [6.07, 6.45) is 1.17. The van der Waals surface area contributed by atoms with E-state index in [-0.39, 0.29) is 12.5 Å². The zero-order valence-electron chi connectivity index (χ0n) is 14.2. The van der Waals surface area contributed by atoms with Gasteiger partial charge in [0.2, 0.25) is 0 Å². The van der Waals surface area contributed by atoms with Gasteiger partial charge in [0.15, 0.2) is 0 Å². The summed E-state index contributed by atoms with van der Waals surface area (Å²) in [6.45, 7) is 5.91. The Morgan fingerprint density at radius 2 is 2.05 bits per heavy atom. The quantitative estimate of drug-likeness (QED) is 0.644. The van der Waals surface area contributed by atoms with Crippen molar-refractivity contribution in [2.24, 2.45) is 5.89 Å². The molecule has 0 aliphatic heterocycles. The van der Waals surface area contributed by atoms with Crippen LogP contribution in [0.2, 0.25) is 0 Å². The molecule has 0 N–H and O–H groups in total. The lowest BCUT2D eigenvalue weighted by atomic mass is 9.87. The Morgan fingerprint density at radius 1 is 1.37 bits per heavy atom. The lowest BCUT2D eigenvalue weighted by Crippen LogP contribution is -2.20. The molecule has 0 heterocycles. The fourth-order valence-electron chi connectivity index (χ4n) is 2.00. The van der Waals surface area contributed by atoms with Crippen LogP contribution in [0, 0.1) is 5.89 Å². The molecule has 1 aromatic carbocycles. The molecular formula is C17H26O2. The highest BCUT2D eigenvalue weighted by Crippen LogP contribution is 2.27. The van der Waals surface area contributed by atoms with Crippen molar-refractivity contribution < 1.29 is 12.3 Å². The Balaban J connectivity index is 2.98. The first-order valence-corrected chi connectivity index (χ1v) is 7.11. The maximum Gasteiger partial charge on any atom is 0.308 e. The predicted octanol–water partition coefficient (Wildman–Crippen LogP) is 4.55.